The minimum Gasteiger partial charge on any atom is -0.383 e. The number of aromatic amines is 2. The Bertz CT molecular complexity index is 1700. The molecule has 0 radical (unpaired) electrons. The molecular formula is C29H28N6OS. The number of Topliss-reactive ketones (excluding diaryl/α,β-unsaturated/α-hetero) is 1. The summed E-state index contributed by atoms with van der Waals surface area (Å²) in [5.74, 6) is 0.0629. The van der Waals surface area contributed by atoms with Crippen LogP contribution in [0.2, 0.25) is 0 Å². The van der Waals surface area contributed by atoms with Crippen LogP contribution in [-0.4, -0.2) is 37.0 Å². The molecule has 5 aromatic rings. The third-order valence-electron chi connectivity index (χ3n) is 6.07. The Hall–Kier alpha value is -4.30. The minimum absolute atomic E-state index is 0.0629. The second-order valence-electron chi connectivity index (χ2n) is 9.09. The van der Waals surface area contributed by atoms with E-state index < -0.39 is 0 Å². The molecule has 5 aromatic heterocycles. The van der Waals surface area contributed by atoms with Crippen LogP contribution in [0.25, 0.3) is 49.3 Å². The molecule has 0 amide bonds. The number of aromatic nitrogens is 5. The number of H-pyrrole nitrogens is 2. The standard InChI is InChI=1S/C29H28N6OS/c1-6-18(10-20(7-2)32-16(3)4)19-11-22-28(34-35-29(22)31-13-19)24-12-21-23(14-30-15-25(21)33-24)27-9-8-26(37-27)17(5)36/h6-16,32-33H,2H2,1,3-5H3,(H,31,34,35)/b18-6+,20-10+. The molecule has 186 valence electrons. The van der Waals surface area contributed by atoms with Crippen molar-refractivity contribution in [3.8, 4) is 21.8 Å². The maximum Gasteiger partial charge on any atom is 0.169 e. The van der Waals surface area contributed by atoms with Crippen LogP contribution in [0.1, 0.15) is 42.9 Å². The molecule has 0 aliphatic rings. The predicted molar refractivity (Wildman–Crippen MR) is 152 cm³/mol. The Morgan fingerprint density at radius 1 is 1.16 bits per heavy atom. The van der Waals surface area contributed by atoms with E-state index in [2.05, 4.69) is 75.2 Å². The molecule has 0 bridgehead atoms. The zero-order chi connectivity index (χ0) is 26.1. The van der Waals surface area contributed by atoms with Gasteiger partial charge in [-0.25, -0.2) is 4.98 Å². The number of fused-ring (bicyclic) bond motifs is 2. The topological polar surface area (TPSA) is 99.3 Å². The zero-order valence-electron chi connectivity index (χ0n) is 21.2. The zero-order valence-corrected chi connectivity index (χ0v) is 22.0. The van der Waals surface area contributed by atoms with Gasteiger partial charge < -0.3 is 10.3 Å². The number of allylic oxidation sites excluding steroid dienone is 4. The van der Waals surface area contributed by atoms with Gasteiger partial charge in [0.2, 0.25) is 0 Å². The predicted octanol–water partition coefficient (Wildman–Crippen LogP) is 6.90. The highest BCUT2D eigenvalue weighted by Crippen LogP contribution is 2.36. The van der Waals surface area contributed by atoms with E-state index in [0.29, 0.717) is 11.7 Å². The molecule has 0 atom stereocenters. The van der Waals surface area contributed by atoms with Crippen LogP contribution in [0.3, 0.4) is 0 Å². The summed E-state index contributed by atoms with van der Waals surface area (Å²) in [4.78, 5) is 26.1. The number of nitrogens with zero attached hydrogens (tertiary/aromatic N) is 3. The second kappa shape index (κ2) is 9.99. The number of hydrogen-bond donors (Lipinski definition) is 3. The summed E-state index contributed by atoms with van der Waals surface area (Å²) in [6.45, 7) is 11.7. The van der Waals surface area contributed by atoms with Crippen molar-refractivity contribution in [3.63, 3.8) is 0 Å². The highest BCUT2D eigenvalue weighted by Gasteiger charge is 2.16. The summed E-state index contributed by atoms with van der Waals surface area (Å²) in [5, 5.41) is 13.0. The van der Waals surface area contributed by atoms with Crippen LogP contribution in [0.5, 0.6) is 0 Å². The molecule has 5 rings (SSSR count). The molecule has 0 spiro atoms. The summed E-state index contributed by atoms with van der Waals surface area (Å²) < 4.78 is 0. The van der Waals surface area contributed by atoms with E-state index in [1.54, 1.807) is 6.92 Å². The molecule has 3 N–H and O–H groups in total. The van der Waals surface area contributed by atoms with Crippen molar-refractivity contribution in [3.05, 3.63) is 83.8 Å². The number of carbonyl (C=O) groups is 1. The van der Waals surface area contributed by atoms with Crippen molar-refractivity contribution in [2.75, 3.05) is 0 Å². The maximum absolute atomic E-state index is 11.8. The van der Waals surface area contributed by atoms with Crippen molar-refractivity contribution < 1.29 is 4.79 Å². The Morgan fingerprint density at radius 3 is 2.70 bits per heavy atom. The van der Waals surface area contributed by atoms with Gasteiger partial charge in [0.1, 0.15) is 5.69 Å². The van der Waals surface area contributed by atoms with Gasteiger partial charge in [0, 0.05) is 50.9 Å². The van der Waals surface area contributed by atoms with Crippen molar-refractivity contribution in [2.24, 2.45) is 0 Å². The lowest BCUT2D eigenvalue weighted by Crippen LogP contribution is -2.20. The smallest absolute Gasteiger partial charge is 0.169 e. The number of carbonyl (C=O) groups excluding carboxylic acids is 1. The van der Waals surface area contributed by atoms with Gasteiger partial charge in [-0.1, -0.05) is 12.7 Å². The SMILES string of the molecule is C=C/C(=C\C(=C/C)c1cnc2[nH]nc(-c3cc4c(-c5ccc(C(C)=O)s5)cncc4[nH]3)c2c1)NC(C)C. The quantitative estimate of drug-likeness (QED) is 0.156. The van der Waals surface area contributed by atoms with E-state index in [1.165, 1.54) is 11.3 Å². The normalized spacial score (nSPS) is 12.6. The van der Waals surface area contributed by atoms with Gasteiger partial charge >= 0.3 is 0 Å². The summed E-state index contributed by atoms with van der Waals surface area (Å²) in [5.41, 5.74) is 7.21. The van der Waals surface area contributed by atoms with E-state index in [0.717, 1.165) is 59.8 Å². The van der Waals surface area contributed by atoms with Crippen LogP contribution in [0.4, 0.5) is 0 Å². The highest BCUT2D eigenvalue weighted by atomic mass is 32.1. The average Bonchev–Trinajstić information content (AvgIpc) is 3.63. The molecule has 0 fully saturated rings. The number of ketones is 1. The van der Waals surface area contributed by atoms with Gasteiger partial charge in [0.15, 0.2) is 11.4 Å². The van der Waals surface area contributed by atoms with E-state index in [-0.39, 0.29) is 5.78 Å². The van der Waals surface area contributed by atoms with Crippen molar-refractivity contribution >= 4 is 44.6 Å². The summed E-state index contributed by atoms with van der Waals surface area (Å²) >= 11 is 1.48. The third-order valence-corrected chi connectivity index (χ3v) is 7.29. The van der Waals surface area contributed by atoms with Gasteiger partial charge in [-0.3, -0.25) is 14.9 Å². The monoisotopic (exact) mass is 508 g/mol. The van der Waals surface area contributed by atoms with Gasteiger partial charge in [-0.15, -0.1) is 11.3 Å². The first-order valence-electron chi connectivity index (χ1n) is 12.1. The van der Waals surface area contributed by atoms with Gasteiger partial charge in [-0.05, 0) is 69.7 Å². The Labute approximate surface area is 219 Å². The number of rotatable bonds is 8. The minimum atomic E-state index is 0.0629. The Balaban J connectivity index is 1.58. The number of thiophene rings is 1. The fraction of sp³-hybridized carbons (Fsp3) is 0.172. The van der Waals surface area contributed by atoms with Crippen LogP contribution >= 0.6 is 11.3 Å². The maximum atomic E-state index is 11.8. The van der Waals surface area contributed by atoms with Crippen LogP contribution < -0.4 is 5.32 Å². The largest absolute Gasteiger partial charge is 0.383 e. The molecular weight excluding hydrogens is 480 g/mol. The summed E-state index contributed by atoms with van der Waals surface area (Å²) in [6, 6.07) is 8.33. The number of nitrogens with one attached hydrogen (secondary N) is 3. The highest BCUT2D eigenvalue weighted by molar-refractivity contribution is 7.17. The van der Waals surface area contributed by atoms with E-state index >= 15 is 0 Å². The van der Waals surface area contributed by atoms with E-state index in [1.807, 2.05) is 43.7 Å². The number of hydrogen-bond acceptors (Lipinski definition) is 6. The summed E-state index contributed by atoms with van der Waals surface area (Å²) in [6.07, 6.45) is 11.5. The van der Waals surface area contributed by atoms with Gasteiger partial charge in [0.25, 0.3) is 0 Å². The molecule has 0 saturated heterocycles. The van der Waals surface area contributed by atoms with Crippen molar-refractivity contribution in [2.45, 2.75) is 33.7 Å². The Morgan fingerprint density at radius 2 is 2.00 bits per heavy atom. The molecule has 8 heteroatoms. The van der Waals surface area contributed by atoms with Crippen molar-refractivity contribution in [1.29, 1.82) is 0 Å². The van der Waals surface area contributed by atoms with Gasteiger partial charge in [0.05, 0.1) is 22.3 Å². The van der Waals surface area contributed by atoms with E-state index in [9.17, 15) is 4.79 Å². The molecule has 7 nitrogen and oxygen atoms in total. The first kappa shape index (κ1) is 24.4. The first-order valence-corrected chi connectivity index (χ1v) is 12.9. The fourth-order valence-corrected chi connectivity index (χ4v) is 5.23. The lowest BCUT2D eigenvalue weighted by Gasteiger charge is -2.12. The van der Waals surface area contributed by atoms with Gasteiger partial charge in [-0.2, -0.15) is 5.10 Å². The molecule has 5 heterocycles. The molecule has 0 unspecified atom stereocenters. The van der Waals surface area contributed by atoms with Crippen LogP contribution in [-0.2, 0) is 0 Å². The molecule has 0 aliphatic carbocycles. The van der Waals surface area contributed by atoms with Crippen molar-refractivity contribution in [1.82, 2.24) is 30.5 Å². The van der Waals surface area contributed by atoms with Crippen LogP contribution in [0.15, 0.2) is 73.4 Å². The first-order chi connectivity index (χ1) is 17.9. The van der Waals surface area contributed by atoms with E-state index in [4.69, 9.17) is 0 Å². The third kappa shape index (κ3) is 4.75. The molecule has 0 saturated carbocycles. The number of pyridine rings is 2. The summed E-state index contributed by atoms with van der Waals surface area (Å²) in [7, 11) is 0. The molecule has 0 aliphatic heterocycles. The lowest BCUT2D eigenvalue weighted by molar-refractivity contribution is 0.102. The Kier molecular flexibility index (Phi) is 6.58. The molecule has 37 heavy (non-hydrogen) atoms. The molecule has 0 aromatic carbocycles. The van der Waals surface area contributed by atoms with Crippen LogP contribution in [0, 0.1) is 0 Å². The second-order valence-corrected chi connectivity index (χ2v) is 10.2. The average molecular weight is 509 g/mol. The fourth-order valence-electron chi connectivity index (χ4n) is 4.31. The lowest BCUT2D eigenvalue weighted by atomic mass is 10.0.